The Morgan fingerprint density at radius 3 is 2.52 bits per heavy atom. The minimum absolute atomic E-state index is 0.0240. The number of methoxy groups -OCH3 is 1. The lowest BCUT2D eigenvalue weighted by Gasteiger charge is -2.32. The average Bonchev–Trinajstić information content (AvgIpc) is 2.79. The summed E-state index contributed by atoms with van der Waals surface area (Å²) in [6.45, 7) is 3.24. The number of aromatic nitrogens is 1. The number of carbonyl (C=O) groups is 1. The van der Waals surface area contributed by atoms with Crippen molar-refractivity contribution >= 4 is 28.3 Å². The zero-order chi connectivity index (χ0) is 23.5. The third-order valence-corrected chi connectivity index (χ3v) is 6.18. The van der Waals surface area contributed by atoms with Crippen molar-refractivity contribution in [1.82, 2.24) is 15.2 Å². The Morgan fingerprint density at radius 2 is 1.85 bits per heavy atom. The number of nitrogens with one attached hydrogen (secondary N) is 1. The van der Waals surface area contributed by atoms with E-state index in [0.717, 1.165) is 32.5 Å². The van der Waals surface area contributed by atoms with Gasteiger partial charge in [-0.05, 0) is 25.0 Å². The molecule has 1 amide bonds. The van der Waals surface area contributed by atoms with Gasteiger partial charge in [-0.1, -0.05) is 17.7 Å². The predicted octanol–water partition coefficient (Wildman–Crippen LogP) is 4.81. The van der Waals surface area contributed by atoms with Crippen LogP contribution in [-0.2, 0) is 4.74 Å². The Bertz CT molecular complexity index is 1160. The van der Waals surface area contributed by atoms with Crippen molar-refractivity contribution in [3.8, 4) is 11.3 Å². The van der Waals surface area contributed by atoms with Crippen molar-refractivity contribution in [2.45, 2.75) is 18.9 Å². The van der Waals surface area contributed by atoms with Crippen molar-refractivity contribution in [2.75, 3.05) is 33.4 Å². The first-order valence-electron chi connectivity index (χ1n) is 10.6. The monoisotopic (exact) mass is 477 g/mol. The Balaban J connectivity index is 1.60. The molecule has 0 atom stereocenters. The van der Waals surface area contributed by atoms with E-state index in [0.29, 0.717) is 35.1 Å². The number of likely N-dealkylation sites (tertiary alicyclic amines) is 1. The van der Waals surface area contributed by atoms with E-state index in [1.165, 1.54) is 12.3 Å². The van der Waals surface area contributed by atoms with Crippen molar-refractivity contribution < 1.29 is 22.7 Å². The van der Waals surface area contributed by atoms with Crippen molar-refractivity contribution in [3.63, 3.8) is 0 Å². The van der Waals surface area contributed by atoms with E-state index >= 15 is 0 Å². The molecule has 0 bridgehead atoms. The van der Waals surface area contributed by atoms with Crippen molar-refractivity contribution in [3.05, 3.63) is 64.6 Å². The van der Waals surface area contributed by atoms with Gasteiger partial charge in [-0.15, -0.1) is 0 Å². The van der Waals surface area contributed by atoms with Gasteiger partial charge in [0.2, 0.25) is 0 Å². The molecule has 4 rings (SSSR count). The van der Waals surface area contributed by atoms with Gasteiger partial charge in [-0.25, -0.2) is 13.2 Å². The zero-order valence-electron chi connectivity index (χ0n) is 18.0. The third kappa shape index (κ3) is 5.13. The number of amides is 1. The van der Waals surface area contributed by atoms with Gasteiger partial charge in [-0.3, -0.25) is 9.78 Å². The molecule has 0 saturated carbocycles. The van der Waals surface area contributed by atoms with Gasteiger partial charge in [0.05, 0.1) is 22.9 Å². The van der Waals surface area contributed by atoms with E-state index in [1.807, 2.05) is 0 Å². The number of ether oxygens (including phenoxy) is 1. The number of benzene rings is 2. The molecule has 1 fully saturated rings. The summed E-state index contributed by atoms with van der Waals surface area (Å²) in [6, 6.07) is 5.94. The molecular weight excluding hydrogens is 455 g/mol. The molecule has 0 aliphatic carbocycles. The first-order valence-corrected chi connectivity index (χ1v) is 11.0. The molecule has 1 N–H and O–H groups in total. The molecular formula is C24H23ClF3N3O2. The summed E-state index contributed by atoms with van der Waals surface area (Å²) in [5, 5.41) is 4.08. The lowest BCUT2D eigenvalue weighted by atomic mass is 10.00. The lowest BCUT2D eigenvalue weighted by molar-refractivity contribution is 0.0893. The van der Waals surface area contributed by atoms with E-state index in [1.54, 1.807) is 19.2 Å². The van der Waals surface area contributed by atoms with Gasteiger partial charge in [0, 0.05) is 67.5 Å². The van der Waals surface area contributed by atoms with E-state index in [-0.39, 0.29) is 22.7 Å². The number of halogens is 4. The number of hydrogen-bond acceptors (Lipinski definition) is 4. The molecule has 33 heavy (non-hydrogen) atoms. The van der Waals surface area contributed by atoms with Crippen LogP contribution in [-0.4, -0.2) is 55.2 Å². The summed E-state index contributed by atoms with van der Waals surface area (Å²) in [5.74, 6) is -3.49. The highest BCUT2D eigenvalue weighted by molar-refractivity contribution is 6.35. The second-order valence-corrected chi connectivity index (χ2v) is 8.45. The standard InChI is InChI=1S/C24H23ClF3N3O2/c1-33-9-8-31-6-4-16(5-7-31)30-24(32)14-2-3-17-18(10-14)23(29-13-19(17)25)22-20(27)11-15(26)12-21(22)28/h2-3,10-13,16H,4-9H2,1H3,(H,30,32). The van der Waals surface area contributed by atoms with Crippen LogP contribution in [0.2, 0.25) is 5.02 Å². The maximum Gasteiger partial charge on any atom is 0.251 e. The highest BCUT2D eigenvalue weighted by atomic mass is 35.5. The van der Waals surface area contributed by atoms with Gasteiger partial charge >= 0.3 is 0 Å². The van der Waals surface area contributed by atoms with Crippen molar-refractivity contribution in [1.29, 1.82) is 0 Å². The lowest BCUT2D eigenvalue weighted by Crippen LogP contribution is -2.45. The molecule has 0 radical (unpaired) electrons. The molecule has 1 aliphatic rings. The average molecular weight is 478 g/mol. The van der Waals surface area contributed by atoms with Crippen LogP contribution >= 0.6 is 11.6 Å². The number of carbonyl (C=O) groups excluding carboxylic acids is 1. The number of nitrogens with zero attached hydrogens (tertiary/aromatic N) is 2. The molecule has 1 aromatic heterocycles. The SMILES string of the molecule is COCCN1CCC(NC(=O)c2ccc3c(Cl)cnc(-c4c(F)cc(F)cc4F)c3c2)CC1. The van der Waals surface area contributed by atoms with Crippen molar-refractivity contribution in [2.24, 2.45) is 0 Å². The Labute approximate surface area is 194 Å². The first kappa shape index (κ1) is 23.5. The highest BCUT2D eigenvalue weighted by Crippen LogP contribution is 2.34. The second kappa shape index (κ2) is 10.1. The number of fused-ring (bicyclic) bond motifs is 1. The summed E-state index contributed by atoms with van der Waals surface area (Å²) in [5.41, 5.74) is -0.206. The zero-order valence-corrected chi connectivity index (χ0v) is 18.8. The number of pyridine rings is 1. The topological polar surface area (TPSA) is 54.5 Å². The Hall–Kier alpha value is -2.68. The maximum atomic E-state index is 14.5. The summed E-state index contributed by atoms with van der Waals surface area (Å²) < 4.78 is 47.4. The van der Waals surface area contributed by atoms with Gasteiger partial charge in [0.25, 0.3) is 5.91 Å². The molecule has 2 aromatic carbocycles. The molecule has 0 unspecified atom stereocenters. The highest BCUT2D eigenvalue weighted by Gasteiger charge is 2.23. The maximum absolute atomic E-state index is 14.5. The number of rotatable bonds is 6. The predicted molar refractivity (Wildman–Crippen MR) is 121 cm³/mol. The van der Waals surface area contributed by atoms with Crippen LogP contribution in [0.4, 0.5) is 13.2 Å². The van der Waals surface area contributed by atoms with Gasteiger partial charge < -0.3 is 15.0 Å². The van der Waals surface area contributed by atoms with E-state index in [9.17, 15) is 18.0 Å². The molecule has 1 aliphatic heterocycles. The molecule has 9 heteroatoms. The Morgan fingerprint density at radius 1 is 1.15 bits per heavy atom. The van der Waals surface area contributed by atoms with Crippen LogP contribution < -0.4 is 5.32 Å². The summed E-state index contributed by atoms with van der Waals surface area (Å²) in [7, 11) is 1.67. The fourth-order valence-electron chi connectivity index (χ4n) is 4.11. The van der Waals surface area contributed by atoms with Crippen LogP contribution in [0.5, 0.6) is 0 Å². The molecule has 0 spiro atoms. The minimum Gasteiger partial charge on any atom is -0.383 e. The van der Waals surface area contributed by atoms with Gasteiger partial charge in [0.15, 0.2) is 0 Å². The smallest absolute Gasteiger partial charge is 0.251 e. The quantitative estimate of drug-likeness (QED) is 0.553. The van der Waals surface area contributed by atoms with Gasteiger partial charge in [-0.2, -0.15) is 0 Å². The van der Waals surface area contributed by atoms with E-state index in [4.69, 9.17) is 16.3 Å². The summed E-state index contributed by atoms with van der Waals surface area (Å²) >= 11 is 6.23. The van der Waals surface area contributed by atoms with E-state index in [2.05, 4.69) is 15.2 Å². The first-order chi connectivity index (χ1) is 15.9. The van der Waals surface area contributed by atoms with Crippen LogP contribution in [0.3, 0.4) is 0 Å². The van der Waals surface area contributed by atoms with E-state index < -0.39 is 23.0 Å². The van der Waals surface area contributed by atoms with Crippen LogP contribution in [0.1, 0.15) is 23.2 Å². The molecule has 1 saturated heterocycles. The second-order valence-electron chi connectivity index (χ2n) is 8.04. The van der Waals surface area contributed by atoms with Crippen LogP contribution in [0.15, 0.2) is 36.5 Å². The Kier molecular flexibility index (Phi) is 7.17. The fourth-order valence-corrected chi connectivity index (χ4v) is 4.32. The number of hydrogen-bond donors (Lipinski definition) is 1. The minimum atomic E-state index is -1.08. The summed E-state index contributed by atoms with van der Waals surface area (Å²) in [6.07, 6.45) is 2.90. The van der Waals surface area contributed by atoms with Gasteiger partial charge in [0.1, 0.15) is 17.5 Å². The largest absolute Gasteiger partial charge is 0.383 e. The third-order valence-electron chi connectivity index (χ3n) is 5.88. The fraction of sp³-hybridized carbons (Fsp3) is 0.333. The van der Waals surface area contributed by atoms with Crippen LogP contribution in [0, 0.1) is 17.5 Å². The summed E-state index contributed by atoms with van der Waals surface area (Å²) in [4.78, 5) is 19.3. The molecule has 174 valence electrons. The molecule has 2 heterocycles. The molecule has 5 nitrogen and oxygen atoms in total. The van der Waals surface area contributed by atoms with Crippen LogP contribution in [0.25, 0.3) is 22.0 Å². The normalized spacial score (nSPS) is 15.2. The number of piperidine rings is 1. The molecule has 3 aromatic rings.